The third-order valence-electron chi connectivity index (χ3n) is 2.09. The fourth-order valence-corrected chi connectivity index (χ4v) is 2.02. The summed E-state index contributed by atoms with van der Waals surface area (Å²) in [5, 5.41) is 11.8. The lowest BCUT2D eigenvalue weighted by molar-refractivity contribution is -0.138. The minimum atomic E-state index is -0.789. The molecule has 5 heteroatoms. The Kier molecular flexibility index (Phi) is 4.71. The molecule has 0 radical (unpaired) electrons. The van der Waals surface area contributed by atoms with Gasteiger partial charge in [0.05, 0.1) is 17.2 Å². The van der Waals surface area contributed by atoms with Crippen LogP contribution < -0.4 is 0 Å². The zero-order chi connectivity index (χ0) is 11.3. The predicted molar refractivity (Wildman–Crippen MR) is 60.1 cm³/mol. The summed E-state index contributed by atoms with van der Waals surface area (Å²) in [6.45, 7) is 5.45. The number of carboxylic acid groups (broad SMARTS) is 1. The van der Waals surface area contributed by atoms with Gasteiger partial charge in [-0.2, -0.15) is 0 Å². The van der Waals surface area contributed by atoms with Crippen LogP contribution in [-0.4, -0.2) is 34.0 Å². The molecule has 0 spiro atoms. The maximum absolute atomic E-state index is 10.6. The number of hydrogen-bond donors (Lipinski definition) is 1. The van der Waals surface area contributed by atoms with Crippen molar-refractivity contribution in [3.05, 3.63) is 16.1 Å². The van der Waals surface area contributed by atoms with Crippen LogP contribution in [0.15, 0.2) is 5.38 Å². The fourth-order valence-electron chi connectivity index (χ4n) is 1.28. The number of carboxylic acids is 1. The molecule has 0 aromatic carbocycles. The summed E-state index contributed by atoms with van der Waals surface area (Å²) < 4.78 is 0. The number of hydrogen-bond acceptors (Lipinski definition) is 4. The minimum absolute atomic E-state index is 0.0789. The van der Waals surface area contributed by atoms with E-state index < -0.39 is 5.97 Å². The second-order valence-electron chi connectivity index (χ2n) is 3.28. The molecule has 1 aromatic heterocycles. The molecule has 15 heavy (non-hydrogen) atoms. The van der Waals surface area contributed by atoms with E-state index >= 15 is 0 Å². The average Bonchev–Trinajstić information content (AvgIpc) is 2.64. The molecule has 0 bridgehead atoms. The molecule has 0 aliphatic rings. The van der Waals surface area contributed by atoms with Crippen LogP contribution in [-0.2, 0) is 17.8 Å². The van der Waals surface area contributed by atoms with E-state index in [1.165, 1.54) is 0 Å². The van der Waals surface area contributed by atoms with Crippen molar-refractivity contribution in [3.63, 3.8) is 0 Å². The first-order valence-electron chi connectivity index (χ1n) is 5.03. The lowest BCUT2D eigenvalue weighted by atomic mass is 10.4. The average molecular weight is 228 g/mol. The van der Waals surface area contributed by atoms with E-state index in [-0.39, 0.29) is 6.54 Å². The second kappa shape index (κ2) is 5.82. The Hall–Kier alpha value is -0.940. The second-order valence-corrected chi connectivity index (χ2v) is 4.23. The molecule has 1 heterocycles. The molecule has 1 N–H and O–H groups in total. The van der Waals surface area contributed by atoms with Crippen LogP contribution in [0.1, 0.15) is 24.5 Å². The molecule has 0 atom stereocenters. The Bertz CT molecular complexity index is 325. The highest BCUT2D eigenvalue weighted by atomic mass is 32.1. The number of aliphatic carboxylic acids is 1. The van der Waals surface area contributed by atoms with Crippen molar-refractivity contribution in [2.24, 2.45) is 0 Å². The number of aryl methyl sites for hydroxylation is 1. The third kappa shape index (κ3) is 3.97. The van der Waals surface area contributed by atoms with Crippen LogP contribution in [0.2, 0.25) is 0 Å². The third-order valence-corrected chi connectivity index (χ3v) is 3.14. The summed E-state index contributed by atoms with van der Waals surface area (Å²) in [5.74, 6) is -0.789. The summed E-state index contributed by atoms with van der Waals surface area (Å²) in [6, 6.07) is 0. The molecule has 4 nitrogen and oxygen atoms in total. The van der Waals surface area contributed by atoms with Crippen molar-refractivity contribution in [2.75, 3.05) is 13.1 Å². The molecular formula is C10H16N2O2S. The largest absolute Gasteiger partial charge is 0.480 e. The Balaban J connectivity index is 2.54. The Morgan fingerprint density at radius 1 is 1.60 bits per heavy atom. The van der Waals surface area contributed by atoms with E-state index in [1.54, 1.807) is 11.3 Å². The highest BCUT2D eigenvalue weighted by molar-refractivity contribution is 7.09. The fraction of sp³-hybridized carbons (Fsp3) is 0.600. The van der Waals surface area contributed by atoms with Gasteiger partial charge in [-0.15, -0.1) is 11.3 Å². The molecule has 0 aliphatic heterocycles. The van der Waals surface area contributed by atoms with Crippen LogP contribution in [0, 0.1) is 0 Å². The van der Waals surface area contributed by atoms with Gasteiger partial charge in [-0.1, -0.05) is 13.8 Å². The Morgan fingerprint density at radius 3 is 2.80 bits per heavy atom. The maximum Gasteiger partial charge on any atom is 0.317 e. The topological polar surface area (TPSA) is 53.4 Å². The predicted octanol–water partition coefficient (Wildman–Crippen LogP) is 1.61. The molecule has 0 saturated carbocycles. The number of rotatable bonds is 6. The smallest absolute Gasteiger partial charge is 0.317 e. The SMILES string of the molecule is CCc1nc(CN(CC)CC(=O)O)cs1. The molecule has 0 amide bonds. The maximum atomic E-state index is 10.6. The molecule has 0 fully saturated rings. The van der Waals surface area contributed by atoms with Crippen LogP contribution in [0.25, 0.3) is 0 Å². The van der Waals surface area contributed by atoms with Crippen molar-refractivity contribution in [2.45, 2.75) is 26.8 Å². The molecule has 84 valence electrons. The summed E-state index contributed by atoms with van der Waals surface area (Å²) >= 11 is 1.64. The number of nitrogens with zero attached hydrogens (tertiary/aromatic N) is 2. The van der Waals surface area contributed by atoms with Gasteiger partial charge in [-0.25, -0.2) is 4.98 Å². The Morgan fingerprint density at radius 2 is 2.33 bits per heavy atom. The van der Waals surface area contributed by atoms with E-state index in [9.17, 15) is 4.79 Å². The molecule has 1 rings (SSSR count). The van der Waals surface area contributed by atoms with E-state index in [0.29, 0.717) is 6.54 Å². The first-order chi connectivity index (χ1) is 7.15. The van der Waals surface area contributed by atoms with Crippen molar-refractivity contribution >= 4 is 17.3 Å². The van der Waals surface area contributed by atoms with Crippen LogP contribution in [0.3, 0.4) is 0 Å². The van der Waals surface area contributed by atoms with E-state index in [2.05, 4.69) is 11.9 Å². The van der Waals surface area contributed by atoms with Crippen molar-refractivity contribution in [1.82, 2.24) is 9.88 Å². The lowest BCUT2D eigenvalue weighted by Gasteiger charge is -2.15. The number of likely N-dealkylation sites (N-methyl/N-ethyl adjacent to an activating group) is 1. The monoisotopic (exact) mass is 228 g/mol. The molecule has 0 aliphatic carbocycles. The van der Waals surface area contributed by atoms with Gasteiger partial charge in [-0.05, 0) is 13.0 Å². The van der Waals surface area contributed by atoms with Gasteiger partial charge in [0.2, 0.25) is 0 Å². The van der Waals surface area contributed by atoms with Gasteiger partial charge in [0.1, 0.15) is 0 Å². The van der Waals surface area contributed by atoms with Gasteiger partial charge in [0.25, 0.3) is 0 Å². The standard InChI is InChI=1S/C10H16N2O2S/c1-3-9-11-8(7-15-9)5-12(4-2)6-10(13)14/h7H,3-6H2,1-2H3,(H,13,14). The first-order valence-corrected chi connectivity index (χ1v) is 5.91. The quantitative estimate of drug-likeness (QED) is 0.803. The summed E-state index contributed by atoms with van der Waals surface area (Å²) in [5.41, 5.74) is 0.972. The van der Waals surface area contributed by atoms with E-state index in [4.69, 9.17) is 5.11 Å². The van der Waals surface area contributed by atoms with Crippen molar-refractivity contribution < 1.29 is 9.90 Å². The van der Waals surface area contributed by atoms with E-state index in [1.807, 2.05) is 17.2 Å². The highest BCUT2D eigenvalue weighted by Crippen LogP contribution is 2.11. The minimum Gasteiger partial charge on any atom is -0.480 e. The van der Waals surface area contributed by atoms with Crippen LogP contribution >= 0.6 is 11.3 Å². The first kappa shape index (κ1) is 12.1. The van der Waals surface area contributed by atoms with Gasteiger partial charge in [0.15, 0.2) is 0 Å². The zero-order valence-corrected chi connectivity index (χ0v) is 9.88. The summed E-state index contributed by atoms with van der Waals surface area (Å²) in [7, 11) is 0. The van der Waals surface area contributed by atoms with Crippen molar-refractivity contribution in [1.29, 1.82) is 0 Å². The zero-order valence-electron chi connectivity index (χ0n) is 9.06. The highest BCUT2D eigenvalue weighted by Gasteiger charge is 2.09. The van der Waals surface area contributed by atoms with Gasteiger partial charge < -0.3 is 5.11 Å². The number of aromatic nitrogens is 1. The number of carbonyl (C=O) groups is 1. The molecule has 0 unspecified atom stereocenters. The summed E-state index contributed by atoms with van der Waals surface area (Å²) in [4.78, 5) is 16.8. The summed E-state index contributed by atoms with van der Waals surface area (Å²) in [6.07, 6.45) is 0.940. The lowest BCUT2D eigenvalue weighted by Crippen LogP contribution is -2.29. The normalized spacial score (nSPS) is 10.9. The molecule has 1 aromatic rings. The molecular weight excluding hydrogens is 212 g/mol. The van der Waals surface area contributed by atoms with Gasteiger partial charge in [-0.3, -0.25) is 9.69 Å². The van der Waals surface area contributed by atoms with Crippen LogP contribution in [0.4, 0.5) is 0 Å². The van der Waals surface area contributed by atoms with Crippen molar-refractivity contribution in [3.8, 4) is 0 Å². The Labute approximate surface area is 93.6 Å². The molecule has 0 saturated heterocycles. The van der Waals surface area contributed by atoms with Gasteiger partial charge >= 0.3 is 5.97 Å². The van der Waals surface area contributed by atoms with E-state index in [0.717, 1.165) is 23.7 Å². The van der Waals surface area contributed by atoms with Gasteiger partial charge in [0, 0.05) is 11.9 Å². The van der Waals surface area contributed by atoms with Crippen LogP contribution in [0.5, 0.6) is 0 Å². The number of thiazole rings is 1.